The van der Waals surface area contributed by atoms with Crippen molar-refractivity contribution < 1.29 is 28.7 Å². The van der Waals surface area contributed by atoms with Crippen molar-refractivity contribution in [1.82, 2.24) is 9.88 Å². The summed E-state index contributed by atoms with van der Waals surface area (Å²) >= 11 is 0.858. The highest BCUT2D eigenvalue weighted by atomic mass is 32.2. The van der Waals surface area contributed by atoms with Crippen molar-refractivity contribution >= 4 is 34.7 Å². The van der Waals surface area contributed by atoms with Crippen LogP contribution in [0.1, 0.15) is 16.7 Å². The molecule has 0 unspecified atom stereocenters. The van der Waals surface area contributed by atoms with Crippen molar-refractivity contribution in [2.45, 2.75) is 13.8 Å². The number of amides is 2. The summed E-state index contributed by atoms with van der Waals surface area (Å²) in [6, 6.07) is 13.5. The first-order valence-corrected chi connectivity index (χ1v) is 12.0. The minimum atomic E-state index is -0.550. The maximum Gasteiger partial charge on any atom is 0.293 e. The molecule has 4 rings (SSSR count). The van der Waals surface area contributed by atoms with Crippen molar-refractivity contribution in [3.63, 3.8) is 0 Å². The molecule has 37 heavy (non-hydrogen) atoms. The first-order chi connectivity index (χ1) is 17.7. The van der Waals surface area contributed by atoms with Crippen LogP contribution in [0, 0.1) is 24.0 Å². The third-order valence-electron chi connectivity index (χ3n) is 5.42. The van der Waals surface area contributed by atoms with Gasteiger partial charge in [-0.25, -0.2) is 4.98 Å². The van der Waals surface area contributed by atoms with Gasteiger partial charge in [0.15, 0.2) is 11.5 Å². The number of hydrogen-bond donors (Lipinski definition) is 0. The fourth-order valence-corrected chi connectivity index (χ4v) is 4.33. The van der Waals surface area contributed by atoms with Gasteiger partial charge in [0.25, 0.3) is 16.8 Å². The van der Waals surface area contributed by atoms with E-state index in [1.807, 2.05) is 32.0 Å². The third kappa shape index (κ3) is 6.07. The van der Waals surface area contributed by atoms with Gasteiger partial charge in [-0.1, -0.05) is 18.2 Å². The summed E-state index contributed by atoms with van der Waals surface area (Å²) in [5, 5.41) is 10.4. The molecule has 190 valence electrons. The minimum Gasteiger partial charge on any atom is -0.493 e. The van der Waals surface area contributed by atoms with Crippen LogP contribution in [-0.2, 0) is 4.79 Å². The number of hydrogen-bond acceptors (Lipinski definition) is 9. The second-order valence-corrected chi connectivity index (χ2v) is 9.07. The number of benzene rings is 2. The monoisotopic (exact) mass is 521 g/mol. The van der Waals surface area contributed by atoms with Crippen LogP contribution in [-0.4, -0.2) is 46.2 Å². The normalized spacial score (nSPS) is 14.2. The molecular weight excluding hydrogens is 498 g/mol. The van der Waals surface area contributed by atoms with E-state index in [-0.39, 0.29) is 34.9 Å². The van der Waals surface area contributed by atoms with Gasteiger partial charge < -0.3 is 14.2 Å². The van der Waals surface area contributed by atoms with Gasteiger partial charge in [-0.15, -0.1) is 0 Å². The van der Waals surface area contributed by atoms with E-state index in [0.29, 0.717) is 17.1 Å². The van der Waals surface area contributed by atoms with Crippen molar-refractivity contribution in [2.75, 3.05) is 20.3 Å². The fraction of sp³-hybridized carbons (Fsp3) is 0.192. The molecule has 3 aromatic rings. The van der Waals surface area contributed by atoms with E-state index in [2.05, 4.69) is 4.98 Å². The van der Waals surface area contributed by atoms with Gasteiger partial charge in [-0.3, -0.25) is 24.6 Å². The average Bonchev–Trinajstić information content (AvgIpc) is 3.14. The number of nitro groups is 1. The summed E-state index contributed by atoms with van der Waals surface area (Å²) in [7, 11) is 1.46. The number of carbonyl (C=O) groups excluding carboxylic acids is 2. The first-order valence-electron chi connectivity index (χ1n) is 11.2. The van der Waals surface area contributed by atoms with E-state index in [0.717, 1.165) is 39.7 Å². The highest BCUT2D eigenvalue weighted by Crippen LogP contribution is 2.36. The molecule has 1 aromatic heterocycles. The topological polar surface area (TPSA) is 121 Å². The Bertz CT molecular complexity index is 1390. The van der Waals surface area contributed by atoms with Gasteiger partial charge in [0.2, 0.25) is 5.88 Å². The van der Waals surface area contributed by atoms with Gasteiger partial charge in [0.1, 0.15) is 18.6 Å². The SMILES string of the molecule is COc1cc(/C=C2\SC(=O)N(CCOc3cc(C)ccc3C)C2=O)ccc1Oc1ccc([N+](=O)[O-])cn1. The lowest BCUT2D eigenvalue weighted by molar-refractivity contribution is -0.385. The van der Waals surface area contributed by atoms with Crippen molar-refractivity contribution in [3.8, 4) is 23.1 Å². The number of aromatic nitrogens is 1. The molecule has 0 bridgehead atoms. The summed E-state index contributed by atoms with van der Waals surface area (Å²) in [6.07, 6.45) is 2.70. The Kier molecular flexibility index (Phi) is 7.73. The van der Waals surface area contributed by atoms with Crippen LogP contribution in [0.2, 0.25) is 0 Å². The zero-order chi connectivity index (χ0) is 26.5. The largest absolute Gasteiger partial charge is 0.493 e. The van der Waals surface area contributed by atoms with Gasteiger partial charge >= 0.3 is 0 Å². The summed E-state index contributed by atoms with van der Waals surface area (Å²) in [4.78, 5) is 41.0. The van der Waals surface area contributed by atoms with E-state index < -0.39 is 10.8 Å². The Morgan fingerprint density at radius 3 is 2.57 bits per heavy atom. The molecule has 1 aliphatic rings. The predicted octanol–water partition coefficient (Wildman–Crippen LogP) is 5.52. The van der Waals surface area contributed by atoms with Crippen molar-refractivity contribution in [1.29, 1.82) is 0 Å². The lowest BCUT2D eigenvalue weighted by Gasteiger charge is -2.14. The van der Waals surface area contributed by atoms with Gasteiger partial charge in [0.05, 0.1) is 23.5 Å². The Morgan fingerprint density at radius 2 is 1.86 bits per heavy atom. The average molecular weight is 522 g/mol. The fourth-order valence-electron chi connectivity index (χ4n) is 3.47. The number of aryl methyl sites for hydroxylation is 2. The predicted molar refractivity (Wildman–Crippen MR) is 138 cm³/mol. The van der Waals surface area contributed by atoms with Crippen LogP contribution in [0.5, 0.6) is 23.1 Å². The highest BCUT2D eigenvalue weighted by molar-refractivity contribution is 8.18. The summed E-state index contributed by atoms with van der Waals surface area (Å²) in [5.74, 6) is 1.17. The van der Waals surface area contributed by atoms with E-state index in [9.17, 15) is 19.7 Å². The molecule has 1 saturated heterocycles. The molecular formula is C26H23N3O7S. The summed E-state index contributed by atoms with van der Waals surface area (Å²) < 4.78 is 16.9. The number of nitrogens with zero attached hydrogens (tertiary/aromatic N) is 3. The van der Waals surface area contributed by atoms with E-state index in [1.165, 1.54) is 19.2 Å². The molecule has 0 N–H and O–H groups in total. The van der Waals surface area contributed by atoms with Crippen molar-refractivity contribution in [3.05, 3.63) is 86.4 Å². The number of thioether (sulfide) groups is 1. The molecule has 10 nitrogen and oxygen atoms in total. The number of rotatable bonds is 9. The van der Waals surface area contributed by atoms with Crippen LogP contribution < -0.4 is 14.2 Å². The second kappa shape index (κ2) is 11.1. The zero-order valence-corrected chi connectivity index (χ0v) is 21.1. The molecule has 0 spiro atoms. The van der Waals surface area contributed by atoms with Crippen LogP contribution in [0.25, 0.3) is 6.08 Å². The Hall–Kier alpha value is -4.38. The number of methoxy groups -OCH3 is 1. The van der Waals surface area contributed by atoms with E-state index in [1.54, 1.807) is 24.3 Å². The van der Waals surface area contributed by atoms with E-state index in [4.69, 9.17) is 14.2 Å². The van der Waals surface area contributed by atoms with Crippen LogP contribution in [0.15, 0.2) is 59.6 Å². The molecule has 2 heterocycles. The molecule has 2 amide bonds. The van der Waals surface area contributed by atoms with Gasteiger partial charge in [-0.2, -0.15) is 0 Å². The standard InChI is InChI=1S/C26H23N3O7S/c1-16-4-5-17(2)21(12-16)35-11-10-28-25(30)23(37-26(28)31)14-18-6-8-20(22(13-18)34-3)36-24-9-7-19(15-27-24)29(32)33/h4-9,12-15H,10-11H2,1-3H3/b23-14-. The number of pyridine rings is 1. The molecule has 1 fully saturated rings. The second-order valence-electron chi connectivity index (χ2n) is 8.07. The number of imide groups is 1. The Morgan fingerprint density at radius 1 is 1.05 bits per heavy atom. The Balaban J connectivity index is 1.43. The molecule has 0 aliphatic carbocycles. The van der Waals surface area contributed by atoms with Gasteiger partial charge in [-0.05, 0) is 66.6 Å². The minimum absolute atomic E-state index is 0.133. The lowest BCUT2D eigenvalue weighted by Crippen LogP contribution is -2.32. The quantitative estimate of drug-likeness (QED) is 0.203. The molecule has 0 radical (unpaired) electrons. The number of carbonyl (C=O) groups is 2. The highest BCUT2D eigenvalue weighted by Gasteiger charge is 2.34. The molecule has 0 atom stereocenters. The van der Waals surface area contributed by atoms with Crippen LogP contribution in [0.3, 0.4) is 0 Å². The molecule has 11 heteroatoms. The first kappa shape index (κ1) is 25.7. The molecule has 2 aromatic carbocycles. The van der Waals surface area contributed by atoms with Crippen LogP contribution >= 0.6 is 11.8 Å². The summed E-state index contributed by atoms with van der Waals surface area (Å²) in [6.45, 7) is 4.22. The lowest BCUT2D eigenvalue weighted by atomic mass is 10.1. The van der Waals surface area contributed by atoms with Gasteiger partial charge in [0, 0.05) is 12.1 Å². The summed E-state index contributed by atoms with van der Waals surface area (Å²) in [5.41, 5.74) is 2.51. The number of ether oxygens (including phenoxy) is 3. The third-order valence-corrected chi connectivity index (χ3v) is 6.33. The zero-order valence-electron chi connectivity index (χ0n) is 20.3. The molecule has 1 aliphatic heterocycles. The van der Waals surface area contributed by atoms with Crippen LogP contribution in [0.4, 0.5) is 10.5 Å². The maximum atomic E-state index is 12.9. The smallest absolute Gasteiger partial charge is 0.293 e. The van der Waals surface area contributed by atoms with Crippen molar-refractivity contribution in [2.24, 2.45) is 0 Å². The van der Waals surface area contributed by atoms with E-state index >= 15 is 0 Å². The maximum absolute atomic E-state index is 12.9. The Labute approximate surface area is 217 Å². The molecule has 0 saturated carbocycles.